The van der Waals surface area contributed by atoms with E-state index in [0.29, 0.717) is 0 Å². The molecule has 0 aromatic rings. The maximum absolute atomic E-state index is 2.43. The van der Waals surface area contributed by atoms with Gasteiger partial charge in [-0.25, -0.2) is 0 Å². The van der Waals surface area contributed by atoms with Crippen LogP contribution in [-0.4, -0.2) is 43.2 Å². The third kappa shape index (κ3) is 18.5. The molecule has 0 saturated heterocycles. The summed E-state index contributed by atoms with van der Waals surface area (Å²) in [6.45, 7) is 7.30. The Morgan fingerprint density at radius 2 is 1.00 bits per heavy atom. The van der Waals surface area contributed by atoms with Crippen LogP contribution in [0.25, 0.3) is 0 Å². The van der Waals surface area contributed by atoms with Crippen molar-refractivity contribution in [2.24, 2.45) is 0 Å². The molecule has 23 heavy (non-hydrogen) atoms. The zero-order chi connectivity index (χ0) is 17.2. The summed E-state index contributed by atoms with van der Waals surface area (Å²) in [4.78, 5) is 0. The van der Waals surface area contributed by atoms with E-state index >= 15 is 0 Å². The summed E-state index contributed by atoms with van der Waals surface area (Å²) in [7, 11) is 4.85. The first kappa shape index (κ1) is 23.3. The molecule has 0 aliphatic carbocycles. The molecule has 0 saturated carbocycles. The van der Waals surface area contributed by atoms with Crippen molar-refractivity contribution in [3.63, 3.8) is 0 Å². The monoisotopic (exact) mass is 344 g/mol. The van der Waals surface area contributed by atoms with Crippen molar-refractivity contribution in [1.82, 2.24) is 0 Å². The molecule has 0 rings (SSSR count). The van der Waals surface area contributed by atoms with Crippen LogP contribution >= 0.6 is 11.8 Å². The highest BCUT2D eigenvalue weighted by Crippen LogP contribution is 2.13. The first-order chi connectivity index (χ1) is 11.1. The summed E-state index contributed by atoms with van der Waals surface area (Å²) in [6, 6.07) is 0. The van der Waals surface area contributed by atoms with Crippen LogP contribution in [0.1, 0.15) is 97.3 Å². The van der Waals surface area contributed by atoms with Crippen LogP contribution < -0.4 is 0 Å². The van der Waals surface area contributed by atoms with Crippen LogP contribution in [-0.2, 0) is 0 Å². The Kier molecular flexibility index (Phi) is 17.4. The molecule has 1 nitrogen and oxygen atoms in total. The molecule has 0 heterocycles. The van der Waals surface area contributed by atoms with Crippen LogP contribution in [0.15, 0.2) is 0 Å². The molecule has 0 spiro atoms. The first-order valence-electron chi connectivity index (χ1n) is 10.5. The van der Waals surface area contributed by atoms with Crippen LogP contribution in [0.3, 0.4) is 0 Å². The van der Waals surface area contributed by atoms with Crippen molar-refractivity contribution in [2.75, 3.05) is 38.7 Å². The van der Waals surface area contributed by atoms with E-state index in [9.17, 15) is 0 Å². The standard InChI is InChI=1S/C21H46NS/c1-5-7-8-9-10-11-12-13-14-16-19-22(3,4)20-17-15-18-21-23-6-2/h5-21H2,1-4H3/q+1. The van der Waals surface area contributed by atoms with Crippen LogP contribution in [0, 0.1) is 0 Å². The van der Waals surface area contributed by atoms with Gasteiger partial charge in [0.2, 0.25) is 0 Å². The topological polar surface area (TPSA) is 0 Å². The Morgan fingerprint density at radius 3 is 1.48 bits per heavy atom. The number of unbranched alkanes of at least 4 members (excludes halogenated alkanes) is 11. The highest BCUT2D eigenvalue weighted by Gasteiger charge is 2.13. The van der Waals surface area contributed by atoms with Gasteiger partial charge in [0, 0.05) is 0 Å². The van der Waals surface area contributed by atoms with Gasteiger partial charge >= 0.3 is 0 Å². The average molecular weight is 345 g/mol. The molecular formula is C21H46NS+. The Balaban J connectivity index is 3.31. The number of thioether (sulfide) groups is 1. The molecule has 0 unspecified atom stereocenters. The highest BCUT2D eigenvalue weighted by atomic mass is 32.2. The molecule has 0 radical (unpaired) electrons. The summed E-state index contributed by atoms with van der Waals surface area (Å²) in [6.07, 6.45) is 18.7. The van der Waals surface area contributed by atoms with Crippen LogP contribution in [0.4, 0.5) is 0 Å². The lowest BCUT2D eigenvalue weighted by atomic mass is 10.1. The summed E-state index contributed by atoms with van der Waals surface area (Å²) < 4.78 is 1.23. The van der Waals surface area contributed by atoms with E-state index < -0.39 is 0 Å². The molecule has 0 fully saturated rings. The van der Waals surface area contributed by atoms with Crippen molar-refractivity contribution in [3.8, 4) is 0 Å². The molecule has 0 aromatic carbocycles. The van der Waals surface area contributed by atoms with Crippen molar-refractivity contribution in [3.05, 3.63) is 0 Å². The minimum Gasteiger partial charge on any atom is -0.328 e. The molecule has 0 atom stereocenters. The molecule has 140 valence electrons. The lowest BCUT2D eigenvalue weighted by Crippen LogP contribution is -2.41. The van der Waals surface area contributed by atoms with E-state index in [2.05, 4.69) is 39.7 Å². The van der Waals surface area contributed by atoms with E-state index in [1.54, 1.807) is 0 Å². The van der Waals surface area contributed by atoms with Crippen LogP contribution in [0.2, 0.25) is 0 Å². The molecule has 0 amide bonds. The lowest BCUT2D eigenvalue weighted by molar-refractivity contribution is -0.890. The van der Waals surface area contributed by atoms with E-state index in [-0.39, 0.29) is 0 Å². The zero-order valence-electron chi connectivity index (χ0n) is 16.9. The molecule has 0 bridgehead atoms. The smallest absolute Gasteiger partial charge is 0.0782 e. The Labute approximate surface area is 152 Å². The molecule has 0 N–H and O–H groups in total. The molecule has 2 heteroatoms. The Bertz CT molecular complexity index is 228. The third-order valence-electron chi connectivity index (χ3n) is 4.87. The number of hydrogen-bond acceptors (Lipinski definition) is 1. The average Bonchev–Trinajstić information content (AvgIpc) is 2.52. The quantitative estimate of drug-likeness (QED) is 0.192. The maximum Gasteiger partial charge on any atom is 0.0782 e. The summed E-state index contributed by atoms with van der Waals surface area (Å²) in [5.74, 6) is 2.64. The Hall–Kier alpha value is 0.310. The predicted molar refractivity (Wildman–Crippen MR) is 111 cm³/mol. The minimum absolute atomic E-state index is 1.23. The van der Waals surface area contributed by atoms with Gasteiger partial charge in [0.25, 0.3) is 0 Å². The summed E-state index contributed by atoms with van der Waals surface area (Å²) in [5.41, 5.74) is 0. The number of nitrogens with zero attached hydrogens (tertiary/aromatic N) is 1. The Morgan fingerprint density at radius 1 is 0.565 bits per heavy atom. The fraction of sp³-hybridized carbons (Fsp3) is 1.00. The van der Waals surface area contributed by atoms with Gasteiger partial charge in [-0.05, 0) is 43.6 Å². The van der Waals surface area contributed by atoms with E-state index in [1.807, 2.05) is 0 Å². The van der Waals surface area contributed by atoms with Gasteiger partial charge in [-0.1, -0.05) is 65.2 Å². The second-order valence-corrected chi connectivity index (χ2v) is 9.22. The fourth-order valence-electron chi connectivity index (χ4n) is 3.20. The summed E-state index contributed by atoms with van der Waals surface area (Å²) >= 11 is 2.09. The van der Waals surface area contributed by atoms with Crippen molar-refractivity contribution >= 4 is 11.8 Å². The van der Waals surface area contributed by atoms with Gasteiger partial charge in [-0.2, -0.15) is 11.8 Å². The summed E-state index contributed by atoms with van der Waals surface area (Å²) in [5, 5.41) is 0. The molecule has 0 aliphatic heterocycles. The molecule has 0 aromatic heterocycles. The van der Waals surface area contributed by atoms with Crippen molar-refractivity contribution in [2.45, 2.75) is 97.3 Å². The second-order valence-electron chi connectivity index (χ2n) is 7.82. The van der Waals surface area contributed by atoms with E-state index in [0.717, 1.165) is 0 Å². The third-order valence-corrected chi connectivity index (χ3v) is 5.86. The first-order valence-corrected chi connectivity index (χ1v) is 11.7. The molecular weight excluding hydrogens is 298 g/mol. The maximum atomic E-state index is 2.43. The number of hydrogen-bond donors (Lipinski definition) is 0. The normalized spacial score (nSPS) is 12.0. The van der Waals surface area contributed by atoms with Crippen molar-refractivity contribution in [1.29, 1.82) is 0 Å². The van der Waals surface area contributed by atoms with Crippen LogP contribution in [0.5, 0.6) is 0 Å². The second kappa shape index (κ2) is 17.1. The predicted octanol–water partition coefficient (Wildman–Crippen LogP) is 6.91. The molecule has 0 aliphatic rings. The number of quaternary nitrogens is 1. The van der Waals surface area contributed by atoms with Gasteiger partial charge in [0.05, 0.1) is 27.2 Å². The zero-order valence-corrected chi connectivity index (χ0v) is 17.7. The minimum atomic E-state index is 1.23. The van der Waals surface area contributed by atoms with Gasteiger partial charge in [0.1, 0.15) is 0 Å². The van der Waals surface area contributed by atoms with Gasteiger partial charge in [-0.15, -0.1) is 0 Å². The van der Waals surface area contributed by atoms with Gasteiger partial charge in [-0.3, -0.25) is 0 Å². The van der Waals surface area contributed by atoms with E-state index in [4.69, 9.17) is 0 Å². The van der Waals surface area contributed by atoms with Gasteiger partial charge in [0.15, 0.2) is 0 Å². The number of rotatable bonds is 18. The SMILES string of the molecule is CCCCCCCCCCCC[N+](C)(C)CCCCCSCC. The van der Waals surface area contributed by atoms with E-state index in [1.165, 1.54) is 113 Å². The largest absolute Gasteiger partial charge is 0.328 e. The van der Waals surface area contributed by atoms with Crippen molar-refractivity contribution < 1.29 is 4.48 Å². The lowest BCUT2D eigenvalue weighted by Gasteiger charge is -2.30. The van der Waals surface area contributed by atoms with Gasteiger partial charge < -0.3 is 4.48 Å². The fourth-order valence-corrected chi connectivity index (χ4v) is 3.90. The highest BCUT2D eigenvalue weighted by molar-refractivity contribution is 7.99.